The van der Waals surface area contributed by atoms with Crippen molar-refractivity contribution in [2.75, 3.05) is 19.5 Å². The van der Waals surface area contributed by atoms with Crippen molar-refractivity contribution in [3.05, 3.63) is 41.6 Å². The van der Waals surface area contributed by atoms with Gasteiger partial charge in [0.2, 0.25) is 11.8 Å². The van der Waals surface area contributed by atoms with E-state index in [1.165, 1.54) is 0 Å². The number of aryl methyl sites for hydroxylation is 1. The first-order valence-corrected chi connectivity index (χ1v) is 6.00. The molecule has 1 heterocycles. The Morgan fingerprint density at radius 1 is 1.21 bits per heavy atom. The maximum atomic E-state index is 5.67. The number of benzene rings is 1. The van der Waals surface area contributed by atoms with Gasteiger partial charge in [0.15, 0.2) is 0 Å². The zero-order valence-corrected chi connectivity index (χ0v) is 11.3. The van der Waals surface area contributed by atoms with Crippen molar-refractivity contribution < 1.29 is 9.47 Å². The van der Waals surface area contributed by atoms with Gasteiger partial charge in [-0.3, -0.25) is 0 Å². The van der Waals surface area contributed by atoms with E-state index >= 15 is 0 Å². The smallest absolute Gasteiger partial charge is 0.225 e. The molecule has 0 fully saturated rings. The summed E-state index contributed by atoms with van der Waals surface area (Å²) in [6.07, 6.45) is 0. The highest BCUT2D eigenvalue weighted by Crippen LogP contribution is 2.16. The second-order valence-electron chi connectivity index (χ2n) is 4.06. The molecule has 0 saturated heterocycles. The second-order valence-corrected chi connectivity index (χ2v) is 4.06. The Morgan fingerprint density at radius 3 is 2.79 bits per heavy atom. The van der Waals surface area contributed by atoms with Crippen LogP contribution in [0.25, 0.3) is 0 Å². The Hall–Kier alpha value is -2.30. The summed E-state index contributed by atoms with van der Waals surface area (Å²) in [6, 6.07) is 9.56. The van der Waals surface area contributed by atoms with Gasteiger partial charge >= 0.3 is 0 Å². The zero-order chi connectivity index (χ0) is 13.7. The molecule has 0 amide bonds. The number of rotatable bonds is 5. The Labute approximate surface area is 112 Å². The van der Waals surface area contributed by atoms with Crippen LogP contribution in [-0.4, -0.2) is 24.1 Å². The molecule has 5 heteroatoms. The van der Waals surface area contributed by atoms with Crippen LogP contribution in [0.1, 0.15) is 11.3 Å². The standard InChI is InChI=1S/C14H17N3O2/c1-10-7-13(17-14(15-2)16-10)19-9-11-5-4-6-12(8-11)18-3/h4-8H,9H2,1-3H3,(H,15,16,17). The van der Waals surface area contributed by atoms with Gasteiger partial charge in [0.05, 0.1) is 7.11 Å². The van der Waals surface area contributed by atoms with Crippen LogP contribution in [0.5, 0.6) is 11.6 Å². The lowest BCUT2D eigenvalue weighted by Gasteiger charge is -2.08. The minimum absolute atomic E-state index is 0.441. The minimum Gasteiger partial charge on any atom is -0.497 e. The molecule has 2 rings (SSSR count). The Balaban J connectivity index is 2.07. The summed E-state index contributed by atoms with van der Waals surface area (Å²) in [7, 11) is 3.42. The number of anilines is 1. The normalized spacial score (nSPS) is 10.1. The summed E-state index contributed by atoms with van der Waals surface area (Å²) in [6.45, 7) is 2.34. The van der Waals surface area contributed by atoms with Gasteiger partial charge in [0.25, 0.3) is 0 Å². The lowest BCUT2D eigenvalue weighted by molar-refractivity contribution is 0.292. The van der Waals surface area contributed by atoms with E-state index in [0.29, 0.717) is 18.4 Å². The number of nitrogens with one attached hydrogen (secondary N) is 1. The summed E-state index contributed by atoms with van der Waals surface area (Å²) >= 11 is 0. The van der Waals surface area contributed by atoms with Crippen LogP contribution in [0.4, 0.5) is 5.95 Å². The first-order valence-electron chi connectivity index (χ1n) is 6.00. The minimum atomic E-state index is 0.441. The van der Waals surface area contributed by atoms with E-state index in [1.807, 2.05) is 31.2 Å². The number of methoxy groups -OCH3 is 1. The number of hydrogen-bond acceptors (Lipinski definition) is 5. The highest BCUT2D eigenvalue weighted by atomic mass is 16.5. The lowest BCUT2D eigenvalue weighted by atomic mass is 10.2. The van der Waals surface area contributed by atoms with Crippen molar-refractivity contribution in [3.8, 4) is 11.6 Å². The summed E-state index contributed by atoms with van der Waals surface area (Å²) in [5, 5.41) is 2.90. The average molecular weight is 259 g/mol. The summed E-state index contributed by atoms with van der Waals surface area (Å²) in [5.74, 6) is 1.93. The van der Waals surface area contributed by atoms with E-state index in [1.54, 1.807) is 20.2 Å². The van der Waals surface area contributed by atoms with Crippen LogP contribution < -0.4 is 14.8 Å². The molecule has 0 spiro atoms. The molecule has 0 aliphatic rings. The van der Waals surface area contributed by atoms with Gasteiger partial charge < -0.3 is 14.8 Å². The number of ether oxygens (including phenoxy) is 2. The predicted molar refractivity (Wildman–Crippen MR) is 73.6 cm³/mol. The SMILES string of the molecule is CNc1nc(C)cc(OCc2cccc(OC)c2)n1. The monoisotopic (exact) mass is 259 g/mol. The molecule has 0 bridgehead atoms. The van der Waals surface area contributed by atoms with Crippen molar-refractivity contribution in [1.29, 1.82) is 0 Å². The molecule has 0 aliphatic heterocycles. The summed E-state index contributed by atoms with van der Waals surface area (Å²) in [5.41, 5.74) is 1.89. The molecule has 1 aromatic carbocycles. The molecule has 19 heavy (non-hydrogen) atoms. The fourth-order valence-corrected chi connectivity index (χ4v) is 1.64. The average Bonchev–Trinajstić information content (AvgIpc) is 2.44. The maximum absolute atomic E-state index is 5.67. The topological polar surface area (TPSA) is 56.3 Å². The molecule has 1 N–H and O–H groups in total. The van der Waals surface area contributed by atoms with Crippen LogP contribution in [0.15, 0.2) is 30.3 Å². The van der Waals surface area contributed by atoms with Crippen LogP contribution in [0.2, 0.25) is 0 Å². The van der Waals surface area contributed by atoms with Gasteiger partial charge in [-0.2, -0.15) is 4.98 Å². The molecule has 0 atom stereocenters. The molecule has 2 aromatic rings. The fraction of sp³-hybridized carbons (Fsp3) is 0.286. The van der Waals surface area contributed by atoms with E-state index in [9.17, 15) is 0 Å². The van der Waals surface area contributed by atoms with E-state index < -0.39 is 0 Å². The molecular formula is C14H17N3O2. The second kappa shape index (κ2) is 6.04. The number of aromatic nitrogens is 2. The zero-order valence-electron chi connectivity index (χ0n) is 11.3. The van der Waals surface area contributed by atoms with E-state index in [2.05, 4.69) is 15.3 Å². The van der Waals surface area contributed by atoms with E-state index in [-0.39, 0.29) is 0 Å². The fourth-order valence-electron chi connectivity index (χ4n) is 1.64. The predicted octanol–water partition coefficient (Wildman–Crippen LogP) is 2.41. The van der Waals surface area contributed by atoms with Crippen molar-refractivity contribution in [2.45, 2.75) is 13.5 Å². The molecule has 0 unspecified atom stereocenters. The Kier molecular flexibility index (Phi) is 4.18. The first-order chi connectivity index (χ1) is 9.21. The number of hydrogen-bond donors (Lipinski definition) is 1. The van der Waals surface area contributed by atoms with E-state index in [0.717, 1.165) is 17.0 Å². The Morgan fingerprint density at radius 2 is 2.05 bits per heavy atom. The van der Waals surface area contributed by atoms with Gasteiger partial charge in [-0.15, -0.1) is 0 Å². The van der Waals surface area contributed by atoms with Crippen molar-refractivity contribution in [1.82, 2.24) is 9.97 Å². The summed E-state index contributed by atoms with van der Waals surface area (Å²) in [4.78, 5) is 8.45. The lowest BCUT2D eigenvalue weighted by Crippen LogP contribution is -2.02. The third kappa shape index (κ3) is 3.58. The molecule has 1 aromatic heterocycles. The molecule has 0 aliphatic carbocycles. The van der Waals surface area contributed by atoms with Crippen LogP contribution in [0.3, 0.4) is 0 Å². The van der Waals surface area contributed by atoms with Crippen molar-refractivity contribution >= 4 is 5.95 Å². The first kappa shape index (κ1) is 13.1. The highest BCUT2D eigenvalue weighted by Gasteiger charge is 2.03. The Bertz CT molecular complexity index is 558. The van der Waals surface area contributed by atoms with Crippen molar-refractivity contribution in [3.63, 3.8) is 0 Å². The third-order valence-corrected chi connectivity index (χ3v) is 2.58. The molecule has 0 radical (unpaired) electrons. The van der Waals surface area contributed by atoms with Crippen molar-refractivity contribution in [2.24, 2.45) is 0 Å². The van der Waals surface area contributed by atoms with E-state index in [4.69, 9.17) is 9.47 Å². The van der Waals surface area contributed by atoms with Crippen LogP contribution >= 0.6 is 0 Å². The largest absolute Gasteiger partial charge is 0.497 e. The van der Waals surface area contributed by atoms with Crippen LogP contribution in [0, 0.1) is 6.92 Å². The third-order valence-electron chi connectivity index (χ3n) is 2.58. The van der Waals surface area contributed by atoms with Gasteiger partial charge in [-0.05, 0) is 24.6 Å². The molecular weight excluding hydrogens is 242 g/mol. The van der Waals surface area contributed by atoms with Gasteiger partial charge in [0.1, 0.15) is 12.4 Å². The van der Waals surface area contributed by atoms with Gasteiger partial charge in [0, 0.05) is 18.8 Å². The number of nitrogens with zero attached hydrogens (tertiary/aromatic N) is 2. The highest BCUT2D eigenvalue weighted by molar-refractivity contribution is 5.31. The van der Waals surface area contributed by atoms with Gasteiger partial charge in [-0.1, -0.05) is 12.1 Å². The quantitative estimate of drug-likeness (QED) is 0.893. The maximum Gasteiger partial charge on any atom is 0.225 e. The molecule has 100 valence electrons. The molecule has 5 nitrogen and oxygen atoms in total. The summed E-state index contributed by atoms with van der Waals surface area (Å²) < 4.78 is 10.8. The molecule has 0 saturated carbocycles. The van der Waals surface area contributed by atoms with Gasteiger partial charge in [-0.25, -0.2) is 4.98 Å². The van der Waals surface area contributed by atoms with Crippen LogP contribution in [-0.2, 0) is 6.61 Å².